The molecule has 0 atom stereocenters. The van der Waals surface area contributed by atoms with Crippen LogP contribution in [-0.4, -0.2) is 21.0 Å². The number of hydrogen-bond acceptors (Lipinski definition) is 5. The standard InChI is InChI=1S/C20H18N4O2S/c1-12-16(13(2)26-24-12)11-27-20-15(5-4-9-22-20)19(25)23-18-7-3-6-17-14(18)8-10-21-17/h3-10,21H,11H2,1-2H3,(H,23,25). The van der Waals surface area contributed by atoms with Crippen LogP contribution in [0.4, 0.5) is 5.69 Å². The minimum atomic E-state index is -0.182. The van der Waals surface area contributed by atoms with Gasteiger partial charge in [-0.25, -0.2) is 4.98 Å². The SMILES string of the molecule is Cc1noc(C)c1CSc1ncccc1C(=O)Nc1cccc2[nH]ccc12. The topological polar surface area (TPSA) is 83.8 Å². The molecule has 0 bridgehead atoms. The Morgan fingerprint density at radius 3 is 2.93 bits per heavy atom. The quantitative estimate of drug-likeness (QED) is 0.491. The Hall–Kier alpha value is -3.06. The summed E-state index contributed by atoms with van der Waals surface area (Å²) in [5, 5.41) is 8.62. The van der Waals surface area contributed by atoms with Crippen molar-refractivity contribution in [2.24, 2.45) is 0 Å². The van der Waals surface area contributed by atoms with Crippen LogP contribution in [0.5, 0.6) is 0 Å². The molecule has 3 heterocycles. The highest BCUT2D eigenvalue weighted by Gasteiger charge is 2.16. The normalized spacial score (nSPS) is 11.0. The molecule has 136 valence electrons. The summed E-state index contributed by atoms with van der Waals surface area (Å²) in [7, 11) is 0. The lowest BCUT2D eigenvalue weighted by Crippen LogP contribution is -2.13. The van der Waals surface area contributed by atoms with Gasteiger partial charge in [0.2, 0.25) is 0 Å². The minimum absolute atomic E-state index is 0.182. The number of rotatable bonds is 5. The number of aromatic amines is 1. The van der Waals surface area contributed by atoms with E-state index in [1.165, 1.54) is 11.8 Å². The lowest BCUT2D eigenvalue weighted by Gasteiger charge is -2.10. The van der Waals surface area contributed by atoms with Crippen LogP contribution in [0.15, 0.2) is 58.3 Å². The minimum Gasteiger partial charge on any atom is -0.361 e. The summed E-state index contributed by atoms with van der Waals surface area (Å²) < 4.78 is 5.21. The molecule has 27 heavy (non-hydrogen) atoms. The fraction of sp³-hybridized carbons (Fsp3) is 0.150. The number of nitrogens with one attached hydrogen (secondary N) is 2. The number of carbonyl (C=O) groups is 1. The van der Waals surface area contributed by atoms with Crippen LogP contribution in [0.25, 0.3) is 10.9 Å². The van der Waals surface area contributed by atoms with Crippen molar-refractivity contribution in [2.75, 3.05) is 5.32 Å². The zero-order valence-electron chi connectivity index (χ0n) is 14.9. The van der Waals surface area contributed by atoms with Crippen LogP contribution < -0.4 is 5.32 Å². The van der Waals surface area contributed by atoms with Crippen molar-refractivity contribution >= 4 is 34.3 Å². The number of amides is 1. The number of aryl methyl sites for hydroxylation is 2. The van der Waals surface area contributed by atoms with Crippen LogP contribution in [0.3, 0.4) is 0 Å². The van der Waals surface area contributed by atoms with Crippen LogP contribution in [0.1, 0.15) is 27.4 Å². The molecule has 2 N–H and O–H groups in total. The molecule has 0 spiro atoms. The van der Waals surface area contributed by atoms with Gasteiger partial charge in [0, 0.05) is 34.6 Å². The number of aromatic nitrogens is 3. The molecular formula is C20H18N4O2S. The smallest absolute Gasteiger partial charge is 0.258 e. The molecule has 0 aliphatic carbocycles. The van der Waals surface area contributed by atoms with Gasteiger partial charge in [-0.15, -0.1) is 11.8 Å². The van der Waals surface area contributed by atoms with Crippen molar-refractivity contribution in [1.82, 2.24) is 15.1 Å². The first-order valence-corrected chi connectivity index (χ1v) is 9.49. The van der Waals surface area contributed by atoms with E-state index >= 15 is 0 Å². The van der Waals surface area contributed by atoms with E-state index < -0.39 is 0 Å². The largest absolute Gasteiger partial charge is 0.361 e. The van der Waals surface area contributed by atoms with Crippen LogP contribution in [0.2, 0.25) is 0 Å². The maximum Gasteiger partial charge on any atom is 0.258 e. The van der Waals surface area contributed by atoms with Gasteiger partial charge < -0.3 is 14.8 Å². The number of hydrogen-bond donors (Lipinski definition) is 2. The van der Waals surface area contributed by atoms with Gasteiger partial charge in [0.1, 0.15) is 10.8 Å². The van der Waals surface area contributed by atoms with Gasteiger partial charge in [0.25, 0.3) is 5.91 Å². The zero-order valence-corrected chi connectivity index (χ0v) is 15.8. The molecule has 7 heteroatoms. The number of anilines is 1. The number of fused-ring (bicyclic) bond motifs is 1. The molecule has 0 fully saturated rings. The van der Waals surface area contributed by atoms with Crippen LogP contribution in [0, 0.1) is 13.8 Å². The van der Waals surface area contributed by atoms with E-state index in [9.17, 15) is 4.79 Å². The average molecular weight is 378 g/mol. The van der Waals surface area contributed by atoms with Crippen LogP contribution >= 0.6 is 11.8 Å². The Morgan fingerprint density at radius 1 is 1.22 bits per heavy atom. The molecule has 3 aromatic heterocycles. The summed E-state index contributed by atoms with van der Waals surface area (Å²) in [6.45, 7) is 3.80. The molecule has 4 aromatic rings. The number of benzene rings is 1. The third-order valence-electron chi connectivity index (χ3n) is 4.39. The number of nitrogens with zero attached hydrogens (tertiary/aromatic N) is 2. The number of pyridine rings is 1. The third-order valence-corrected chi connectivity index (χ3v) is 5.43. The highest BCUT2D eigenvalue weighted by molar-refractivity contribution is 7.98. The maximum atomic E-state index is 12.9. The molecular weight excluding hydrogens is 360 g/mol. The van der Waals surface area contributed by atoms with Crippen molar-refractivity contribution in [3.8, 4) is 0 Å². The van der Waals surface area contributed by atoms with Gasteiger partial charge in [-0.2, -0.15) is 0 Å². The third kappa shape index (κ3) is 3.46. The number of H-pyrrole nitrogens is 1. The fourth-order valence-corrected chi connectivity index (χ4v) is 4.06. The monoisotopic (exact) mass is 378 g/mol. The Balaban J connectivity index is 1.57. The van der Waals surface area contributed by atoms with E-state index in [1.807, 2.05) is 44.3 Å². The second-order valence-corrected chi connectivity index (χ2v) is 7.11. The first-order chi connectivity index (χ1) is 13.1. The predicted octanol–water partition coefficient (Wildman–Crippen LogP) is 4.71. The lowest BCUT2D eigenvalue weighted by atomic mass is 10.2. The molecule has 0 radical (unpaired) electrons. The van der Waals surface area contributed by atoms with E-state index in [0.29, 0.717) is 16.3 Å². The molecule has 1 aromatic carbocycles. The second-order valence-electron chi connectivity index (χ2n) is 6.15. The molecule has 0 saturated heterocycles. The molecule has 4 rings (SSSR count). The first-order valence-electron chi connectivity index (χ1n) is 8.50. The van der Waals surface area contributed by atoms with Crippen molar-refractivity contribution in [1.29, 1.82) is 0 Å². The number of thioether (sulfide) groups is 1. The van der Waals surface area contributed by atoms with E-state index in [2.05, 4.69) is 20.4 Å². The molecule has 0 aliphatic heterocycles. The van der Waals surface area contributed by atoms with Gasteiger partial charge in [0.15, 0.2) is 0 Å². The summed E-state index contributed by atoms with van der Waals surface area (Å²) in [6.07, 6.45) is 3.55. The van der Waals surface area contributed by atoms with Gasteiger partial charge in [0.05, 0.1) is 16.9 Å². The van der Waals surface area contributed by atoms with Crippen LogP contribution in [-0.2, 0) is 5.75 Å². The Labute approximate surface area is 160 Å². The molecule has 0 unspecified atom stereocenters. The van der Waals surface area contributed by atoms with Gasteiger partial charge in [-0.1, -0.05) is 11.2 Å². The maximum absolute atomic E-state index is 12.9. The van der Waals surface area contributed by atoms with E-state index in [-0.39, 0.29) is 5.91 Å². The molecule has 1 amide bonds. The van der Waals surface area contributed by atoms with Gasteiger partial charge in [-0.05, 0) is 44.2 Å². The van der Waals surface area contributed by atoms with Crippen molar-refractivity contribution in [3.05, 3.63) is 71.4 Å². The molecule has 0 aliphatic rings. The summed E-state index contributed by atoms with van der Waals surface area (Å²) in [5.74, 6) is 1.26. The highest BCUT2D eigenvalue weighted by atomic mass is 32.2. The Kier molecular flexibility index (Phi) is 4.68. The van der Waals surface area contributed by atoms with E-state index in [4.69, 9.17) is 4.52 Å². The lowest BCUT2D eigenvalue weighted by molar-refractivity contribution is 0.102. The van der Waals surface area contributed by atoms with Gasteiger partial charge >= 0.3 is 0 Å². The van der Waals surface area contributed by atoms with Gasteiger partial charge in [-0.3, -0.25) is 4.79 Å². The summed E-state index contributed by atoms with van der Waals surface area (Å²) >= 11 is 1.50. The predicted molar refractivity (Wildman–Crippen MR) is 106 cm³/mol. The fourth-order valence-electron chi connectivity index (χ4n) is 2.91. The van der Waals surface area contributed by atoms with Crippen molar-refractivity contribution in [3.63, 3.8) is 0 Å². The highest BCUT2D eigenvalue weighted by Crippen LogP contribution is 2.28. The average Bonchev–Trinajstić information content (AvgIpc) is 3.28. The second kappa shape index (κ2) is 7.28. The van der Waals surface area contributed by atoms with E-state index in [0.717, 1.165) is 33.6 Å². The summed E-state index contributed by atoms with van der Waals surface area (Å²) in [6, 6.07) is 11.3. The van der Waals surface area contributed by atoms with E-state index in [1.54, 1.807) is 18.3 Å². The molecule has 6 nitrogen and oxygen atoms in total. The molecule has 0 saturated carbocycles. The zero-order chi connectivity index (χ0) is 18.8. The van der Waals surface area contributed by atoms with Crippen molar-refractivity contribution < 1.29 is 9.32 Å². The Bertz CT molecular complexity index is 1100. The Morgan fingerprint density at radius 2 is 2.11 bits per heavy atom. The summed E-state index contributed by atoms with van der Waals surface area (Å²) in [5.41, 5.74) is 4.19. The first kappa shape index (κ1) is 17.4. The number of carbonyl (C=O) groups excluding carboxylic acids is 1. The summed E-state index contributed by atoms with van der Waals surface area (Å²) in [4.78, 5) is 20.4. The van der Waals surface area contributed by atoms with Crippen molar-refractivity contribution in [2.45, 2.75) is 24.6 Å².